The first-order chi connectivity index (χ1) is 11.9. The molecule has 0 unspecified atom stereocenters. The van der Waals surface area contributed by atoms with E-state index in [-0.39, 0.29) is 16.9 Å². The number of hydrogen-bond donors (Lipinski definition) is 2. The first-order valence-electron chi connectivity index (χ1n) is 7.60. The van der Waals surface area contributed by atoms with Gasteiger partial charge in [-0.25, -0.2) is 8.78 Å². The lowest BCUT2D eigenvalue weighted by Gasteiger charge is -2.10. The van der Waals surface area contributed by atoms with Gasteiger partial charge in [0.25, 0.3) is 5.91 Å². The van der Waals surface area contributed by atoms with E-state index in [0.717, 1.165) is 17.7 Å². The monoisotopic (exact) mass is 339 g/mol. The number of halogens is 2. The minimum Gasteiger partial charge on any atom is -0.507 e. The lowest BCUT2D eigenvalue weighted by molar-refractivity contribution is 0.102. The van der Waals surface area contributed by atoms with Crippen LogP contribution in [0.2, 0.25) is 0 Å². The Kier molecular flexibility index (Phi) is 4.48. The molecule has 0 bridgehead atoms. The van der Waals surface area contributed by atoms with Gasteiger partial charge in [-0.1, -0.05) is 23.8 Å². The minimum absolute atomic E-state index is 0.00167. The third-order valence-electron chi connectivity index (χ3n) is 3.79. The molecule has 0 saturated carbocycles. The zero-order chi connectivity index (χ0) is 18.0. The van der Waals surface area contributed by atoms with Crippen LogP contribution in [0.3, 0.4) is 0 Å². The summed E-state index contributed by atoms with van der Waals surface area (Å²) in [5, 5.41) is 12.6. The van der Waals surface area contributed by atoms with E-state index in [1.165, 1.54) is 24.3 Å². The number of amides is 1. The molecule has 2 N–H and O–H groups in total. The molecule has 3 nitrogen and oxygen atoms in total. The maximum atomic E-state index is 14.0. The van der Waals surface area contributed by atoms with Crippen LogP contribution in [0.4, 0.5) is 14.5 Å². The fraction of sp³-hybridized carbons (Fsp3) is 0.0500. The molecule has 0 saturated heterocycles. The Bertz CT molecular complexity index is 937. The van der Waals surface area contributed by atoms with Crippen molar-refractivity contribution in [2.45, 2.75) is 6.92 Å². The topological polar surface area (TPSA) is 49.3 Å². The van der Waals surface area contributed by atoms with Crippen LogP contribution in [0.5, 0.6) is 5.75 Å². The average molecular weight is 339 g/mol. The van der Waals surface area contributed by atoms with Crippen LogP contribution in [-0.2, 0) is 0 Å². The van der Waals surface area contributed by atoms with Crippen molar-refractivity contribution in [1.82, 2.24) is 0 Å². The highest BCUT2D eigenvalue weighted by molar-refractivity contribution is 6.06. The Hall–Kier alpha value is -3.21. The van der Waals surface area contributed by atoms with E-state index in [2.05, 4.69) is 5.32 Å². The van der Waals surface area contributed by atoms with E-state index in [1.807, 2.05) is 19.1 Å². The van der Waals surface area contributed by atoms with Gasteiger partial charge in [0.05, 0.1) is 5.56 Å². The summed E-state index contributed by atoms with van der Waals surface area (Å²) in [6.07, 6.45) is 0. The van der Waals surface area contributed by atoms with Crippen molar-refractivity contribution in [3.63, 3.8) is 0 Å². The molecule has 0 heterocycles. The zero-order valence-corrected chi connectivity index (χ0v) is 13.4. The molecule has 25 heavy (non-hydrogen) atoms. The summed E-state index contributed by atoms with van der Waals surface area (Å²) in [6, 6.07) is 14.5. The highest BCUT2D eigenvalue weighted by Crippen LogP contribution is 2.29. The van der Waals surface area contributed by atoms with Crippen molar-refractivity contribution in [1.29, 1.82) is 0 Å². The number of anilines is 1. The maximum absolute atomic E-state index is 14.0. The lowest BCUT2D eigenvalue weighted by Crippen LogP contribution is -2.12. The molecule has 3 aromatic rings. The second-order valence-electron chi connectivity index (χ2n) is 5.68. The summed E-state index contributed by atoms with van der Waals surface area (Å²) in [5.74, 6) is -2.17. The van der Waals surface area contributed by atoms with Gasteiger partial charge in [0.1, 0.15) is 17.4 Å². The molecule has 0 spiro atoms. The predicted octanol–water partition coefficient (Wildman–Crippen LogP) is 4.90. The molecule has 5 heteroatoms. The fourth-order valence-corrected chi connectivity index (χ4v) is 2.44. The average Bonchev–Trinajstić information content (AvgIpc) is 2.58. The van der Waals surface area contributed by atoms with Crippen LogP contribution < -0.4 is 5.32 Å². The van der Waals surface area contributed by atoms with E-state index in [1.54, 1.807) is 12.1 Å². The smallest absolute Gasteiger partial charge is 0.259 e. The van der Waals surface area contributed by atoms with Crippen molar-refractivity contribution in [3.8, 4) is 16.9 Å². The van der Waals surface area contributed by atoms with Gasteiger partial charge in [0.15, 0.2) is 0 Å². The van der Waals surface area contributed by atoms with E-state index in [9.17, 15) is 18.7 Å². The van der Waals surface area contributed by atoms with Gasteiger partial charge in [-0.05, 0) is 48.9 Å². The Labute approximate surface area is 143 Å². The Morgan fingerprint density at radius 1 is 0.960 bits per heavy atom. The SMILES string of the molecule is Cc1ccc(NC(=O)c2cc(-c3ccc(F)cc3F)ccc2O)cc1. The van der Waals surface area contributed by atoms with Gasteiger partial charge < -0.3 is 10.4 Å². The van der Waals surface area contributed by atoms with Crippen LogP contribution in [0.15, 0.2) is 60.7 Å². The Morgan fingerprint density at radius 2 is 1.68 bits per heavy atom. The summed E-state index contributed by atoms with van der Waals surface area (Å²) < 4.78 is 27.0. The molecule has 0 aliphatic rings. The Morgan fingerprint density at radius 3 is 2.36 bits per heavy atom. The highest BCUT2D eigenvalue weighted by atomic mass is 19.1. The van der Waals surface area contributed by atoms with E-state index >= 15 is 0 Å². The number of aromatic hydroxyl groups is 1. The second kappa shape index (κ2) is 6.73. The van der Waals surface area contributed by atoms with Crippen molar-refractivity contribution in [2.24, 2.45) is 0 Å². The van der Waals surface area contributed by atoms with Crippen molar-refractivity contribution < 1.29 is 18.7 Å². The normalized spacial score (nSPS) is 10.5. The standard InChI is InChI=1S/C20H15F2NO2/c1-12-2-6-15(7-3-12)23-20(25)17-10-13(4-9-19(17)24)16-8-5-14(21)11-18(16)22/h2-11,24H,1H3,(H,23,25). The molecule has 0 aliphatic carbocycles. The van der Waals surface area contributed by atoms with E-state index in [0.29, 0.717) is 11.3 Å². The summed E-state index contributed by atoms with van der Waals surface area (Å²) in [7, 11) is 0. The number of benzene rings is 3. The first-order valence-corrected chi connectivity index (χ1v) is 7.60. The summed E-state index contributed by atoms with van der Waals surface area (Å²) in [4.78, 5) is 12.4. The van der Waals surface area contributed by atoms with Gasteiger partial charge in [-0.2, -0.15) is 0 Å². The summed E-state index contributed by atoms with van der Waals surface area (Å²) >= 11 is 0. The molecule has 126 valence electrons. The number of carbonyl (C=O) groups excluding carboxylic acids is 1. The highest BCUT2D eigenvalue weighted by Gasteiger charge is 2.15. The quantitative estimate of drug-likeness (QED) is 0.713. The van der Waals surface area contributed by atoms with Gasteiger partial charge in [0, 0.05) is 17.3 Å². The molecule has 0 aliphatic heterocycles. The number of nitrogens with one attached hydrogen (secondary N) is 1. The van der Waals surface area contributed by atoms with Crippen molar-refractivity contribution in [2.75, 3.05) is 5.32 Å². The molecule has 0 fully saturated rings. The molecule has 0 aromatic heterocycles. The van der Waals surface area contributed by atoms with E-state index in [4.69, 9.17) is 0 Å². The van der Waals surface area contributed by atoms with Crippen LogP contribution in [0.25, 0.3) is 11.1 Å². The third-order valence-corrected chi connectivity index (χ3v) is 3.79. The van der Waals surface area contributed by atoms with E-state index < -0.39 is 17.5 Å². The summed E-state index contributed by atoms with van der Waals surface area (Å²) in [6.45, 7) is 1.93. The molecule has 1 amide bonds. The first kappa shape index (κ1) is 16.6. The van der Waals surface area contributed by atoms with Gasteiger partial charge >= 0.3 is 0 Å². The minimum atomic E-state index is -0.740. The molecule has 3 aromatic carbocycles. The molecule has 3 rings (SSSR count). The predicted molar refractivity (Wildman–Crippen MR) is 92.6 cm³/mol. The largest absolute Gasteiger partial charge is 0.507 e. The maximum Gasteiger partial charge on any atom is 0.259 e. The van der Waals surface area contributed by atoms with Crippen LogP contribution in [0.1, 0.15) is 15.9 Å². The van der Waals surface area contributed by atoms with Crippen LogP contribution in [-0.4, -0.2) is 11.0 Å². The van der Waals surface area contributed by atoms with Crippen LogP contribution in [0, 0.1) is 18.6 Å². The third kappa shape index (κ3) is 3.66. The van der Waals surface area contributed by atoms with Crippen LogP contribution >= 0.6 is 0 Å². The number of rotatable bonds is 3. The Balaban J connectivity index is 1.93. The molecular formula is C20H15F2NO2. The van der Waals surface area contributed by atoms with Crippen molar-refractivity contribution in [3.05, 3.63) is 83.4 Å². The van der Waals surface area contributed by atoms with Gasteiger partial charge in [-0.15, -0.1) is 0 Å². The molecular weight excluding hydrogens is 324 g/mol. The molecule has 0 radical (unpaired) electrons. The number of hydrogen-bond acceptors (Lipinski definition) is 2. The number of phenolic OH excluding ortho intramolecular Hbond substituents is 1. The van der Waals surface area contributed by atoms with Gasteiger partial charge in [0.2, 0.25) is 0 Å². The fourth-order valence-electron chi connectivity index (χ4n) is 2.44. The second-order valence-corrected chi connectivity index (χ2v) is 5.68. The van der Waals surface area contributed by atoms with Crippen molar-refractivity contribution >= 4 is 11.6 Å². The summed E-state index contributed by atoms with van der Waals surface area (Å²) in [5.41, 5.74) is 2.14. The molecule has 0 atom stereocenters. The lowest BCUT2D eigenvalue weighted by atomic mass is 10.0. The number of aryl methyl sites for hydroxylation is 1. The number of phenols is 1. The number of carbonyl (C=O) groups is 1. The van der Waals surface area contributed by atoms with Gasteiger partial charge in [-0.3, -0.25) is 4.79 Å². The zero-order valence-electron chi connectivity index (χ0n) is 13.4.